The van der Waals surface area contributed by atoms with E-state index in [1.807, 2.05) is 24.5 Å². The number of pyridine rings is 1. The van der Waals surface area contributed by atoms with Gasteiger partial charge in [-0.1, -0.05) is 0 Å². The van der Waals surface area contributed by atoms with Crippen LogP contribution in [0.5, 0.6) is 5.75 Å². The van der Waals surface area contributed by atoms with E-state index < -0.39 is 6.36 Å². The van der Waals surface area contributed by atoms with Crippen LogP contribution < -0.4 is 14.6 Å². The highest BCUT2D eigenvalue weighted by molar-refractivity contribution is 5.94. The van der Waals surface area contributed by atoms with Gasteiger partial charge >= 0.3 is 6.36 Å². The Kier molecular flexibility index (Phi) is 4.78. The van der Waals surface area contributed by atoms with Crippen molar-refractivity contribution in [1.82, 2.24) is 4.90 Å². The van der Waals surface area contributed by atoms with Crippen LogP contribution in [0.25, 0.3) is 0 Å². The summed E-state index contributed by atoms with van der Waals surface area (Å²) in [5, 5.41) is 0. The summed E-state index contributed by atoms with van der Waals surface area (Å²) in [6.45, 7) is 2.51. The van der Waals surface area contributed by atoms with E-state index in [-0.39, 0.29) is 11.7 Å². The molecule has 0 spiro atoms. The van der Waals surface area contributed by atoms with Crippen molar-refractivity contribution in [1.29, 1.82) is 0 Å². The molecule has 132 valence electrons. The van der Waals surface area contributed by atoms with Gasteiger partial charge in [0, 0.05) is 49.6 Å². The first-order chi connectivity index (χ1) is 11.9. The predicted octanol–water partition coefficient (Wildman–Crippen LogP) is 2.36. The van der Waals surface area contributed by atoms with Gasteiger partial charge in [-0.15, -0.1) is 13.2 Å². The van der Waals surface area contributed by atoms with Crippen molar-refractivity contribution in [2.24, 2.45) is 0 Å². The number of hydrogen-bond donors (Lipinski definition) is 0. The fourth-order valence-electron chi connectivity index (χ4n) is 2.74. The lowest BCUT2D eigenvalue weighted by molar-refractivity contribution is -0.377. The fourth-order valence-corrected chi connectivity index (χ4v) is 2.74. The zero-order chi connectivity index (χ0) is 17.9. The number of anilines is 1. The number of nitrogens with one attached hydrogen (secondary N) is 1. The zero-order valence-electron chi connectivity index (χ0n) is 13.3. The Morgan fingerprint density at radius 1 is 0.960 bits per heavy atom. The number of carbonyl (C=O) groups excluding carboxylic acids is 1. The van der Waals surface area contributed by atoms with E-state index in [0.717, 1.165) is 17.8 Å². The second-order valence-electron chi connectivity index (χ2n) is 5.61. The molecule has 3 rings (SSSR count). The van der Waals surface area contributed by atoms with Gasteiger partial charge in [0.15, 0.2) is 12.4 Å². The zero-order valence-corrected chi connectivity index (χ0v) is 13.3. The Bertz CT molecular complexity index is 712. The highest BCUT2D eigenvalue weighted by Crippen LogP contribution is 2.23. The van der Waals surface area contributed by atoms with E-state index in [2.05, 4.69) is 14.6 Å². The number of amides is 1. The second-order valence-corrected chi connectivity index (χ2v) is 5.61. The minimum Gasteiger partial charge on any atom is -0.406 e. The summed E-state index contributed by atoms with van der Waals surface area (Å²) >= 11 is 0. The molecule has 0 aliphatic carbocycles. The lowest BCUT2D eigenvalue weighted by Crippen LogP contribution is -2.48. The van der Waals surface area contributed by atoms with Gasteiger partial charge in [0.2, 0.25) is 0 Å². The maximum absolute atomic E-state index is 12.5. The van der Waals surface area contributed by atoms with Gasteiger partial charge in [-0.05, 0) is 24.3 Å². The first-order valence-corrected chi connectivity index (χ1v) is 7.78. The Balaban J connectivity index is 1.59. The number of aromatic nitrogens is 1. The van der Waals surface area contributed by atoms with Crippen molar-refractivity contribution in [2.45, 2.75) is 6.36 Å². The van der Waals surface area contributed by atoms with Crippen LogP contribution in [0.15, 0.2) is 48.8 Å². The molecule has 2 aromatic rings. The summed E-state index contributed by atoms with van der Waals surface area (Å²) in [5.74, 6) is -0.533. The number of hydrogen-bond acceptors (Lipinski definition) is 3. The largest absolute Gasteiger partial charge is 0.573 e. The number of alkyl halides is 3. The van der Waals surface area contributed by atoms with Crippen LogP contribution in [0.3, 0.4) is 0 Å². The summed E-state index contributed by atoms with van der Waals surface area (Å²) in [7, 11) is 0. The summed E-state index contributed by atoms with van der Waals surface area (Å²) in [6, 6.07) is 8.94. The third-order valence-corrected chi connectivity index (χ3v) is 3.97. The third-order valence-electron chi connectivity index (χ3n) is 3.97. The molecule has 8 heteroatoms. The third kappa shape index (κ3) is 4.40. The first kappa shape index (κ1) is 17.1. The van der Waals surface area contributed by atoms with Crippen LogP contribution in [0.1, 0.15) is 10.4 Å². The van der Waals surface area contributed by atoms with E-state index in [4.69, 9.17) is 0 Å². The van der Waals surface area contributed by atoms with Crippen molar-refractivity contribution < 1.29 is 27.7 Å². The van der Waals surface area contributed by atoms with Crippen LogP contribution in [-0.2, 0) is 0 Å². The minimum atomic E-state index is -4.74. The van der Waals surface area contributed by atoms with E-state index in [9.17, 15) is 18.0 Å². The first-order valence-electron chi connectivity index (χ1n) is 7.78. The number of halogens is 3. The molecule has 1 aromatic carbocycles. The maximum Gasteiger partial charge on any atom is 0.573 e. The summed E-state index contributed by atoms with van der Waals surface area (Å²) in [4.78, 5) is 19.3. The normalized spacial score (nSPS) is 15.2. The van der Waals surface area contributed by atoms with Gasteiger partial charge in [-0.3, -0.25) is 4.79 Å². The van der Waals surface area contributed by atoms with Crippen LogP contribution in [0.2, 0.25) is 0 Å². The number of aromatic amines is 1. The quantitative estimate of drug-likeness (QED) is 0.852. The number of ether oxygens (including phenoxy) is 1. The van der Waals surface area contributed by atoms with Crippen molar-refractivity contribution in [3.63, 3.8) is 0 Å². The highest BCUT2D eigenvalue weighted by Gasteiger charge is 2.31. The van der Waals surface area contributed by atoms with Crippen LogP contribution in [0, 0.1) is 0 Å². The van der Waals surface area contributed by atoms with Crippen molar-refractivity contribution in [2.75, 3.05) is 31.1 Å². The number of carbonyl (C=O) groups is 1. The number of benzene rings is 1. The van der Waals surface area contributed by atoms with Crippen LogP contribution in [-0.4, -0.2) is 43.3 Å². The minimum absolute atomic E-state index is 0.195. The highest BCUT2D eigenvalue weighted by atomic mass is 19.4. The summed E-state index contributed by atoms with van der Waals surface area (Å²) in [6.07, 6.45) is -1.05. The molecule has 0 atom stereocenters. The molecule has 1 N–H and O–H groups in total. The van der Waals surface area contributed by atoms with E-state index >= 15 is 0 Å². The molecule has 1 saturated heterocycles. The lowest BCUT2D eigenvalue weighted by atomic mass is 10.1. The molecule has 2 heterocycles. The van der Waals surface area contributed by atoms with Gasteiger partial charge in [-0.2, -0.15) is 0 Å². The Hall–Kier alpha value is -2.77. The molecule has 1 aliphatic heterocycles. The molecular weight excluding hydrogens is 335 g/mol. The van der Waals surface area contributed by atoms with E-state index in [1.54, 1.807) is 4.90 Å². The topological polar surface area (TPSA) is 46.9 Å². The average Bonchev–Trinajstić information content (AvgIpc) is 2.61. The van der Waals surface area contributed by atoms with E-state index in [1.165, 1.54) is 12.1 Å². The molecule has 0 unspecified atom stereocenters. The molecule has 0 radical (unpaired) electrons. The number of nitrogens with zero attached hydrogens (tertiary/aromatic N) is 2. The molecule has 1 amide bonds. The van der Waals surface area contributed by atoms with Gasteiger partial charge in [0.1, 0.15) is 5.75 Å². The van der Waals surface area contributed by atoms with Crippen molar-refractivity contribution in [3.05, 3.63) is 54.4 Å². The van der Waals surface area contributed by atoms with Crippen molar-refractivity contribution in [3.8, 4) is 5.75 Å². The monoisotopic (exact) mass is 352 g/mol. The fraction of sp³-hybridized carbons (Fsp3) is 0.294. The lowest BCUT2D eigenvalue weighted by Gasteiger charge is -2.35. The van der Waals surface area contributed by atoms with Crippen molar-refractivity contribution >= 4 is 11.6 Å². The molecular formula is C17H17F3N3O2+. The average molecular weight is 352 g/mol. The number of H-pyrrole nitrogens is 1. The standard InChI is InChI=1S/C17H16F3N3O2/c18-17(19,20)25-15-3-1-13(2-4-15)16(24)23-11-9-22(10-12-23)14-5-7-21-8-6-14/h1-8H,9-12H2/p+1. The Labute approximate surface area is 142 Å². The predicted molar refractivity (Wildman–Crippen MR) is 84.2 cm³/mol. The molecule has 1 aliphatic rings. The van der Waals surface area contributed by atoms with Gasteiger partial charge in [0.05, 0.1) is 0 Å². The van der Waals surface area contributed by atoms with Gasteiger partial charge < -0.3 is 14.5 Å². The molecule has 1 aromatic heterocycles. The van der Waals surface area contributed by atoms with Crippen LogP contribution in [0.4, 0.5) is 18.9 Å². The van der Waals surface area contributed by atoms with Crippen LogP contribution >= 0.6 is 0 Å². The number of rotatable bonds is 3. The second kappa shape index (κ2) is 7.00. The molecule has 0 saturated carbocycles. The SMILES string of the molecule is O=C(c1ccc(OC(F)(F)F)cc1)N1CCN(c2cc[nH+]cc2)CC1. The van der Waals surface area contributed by atoms with E-state index in [0.29, 0.717) is 31.7 Å². The summed E-state index contributed by atoms with van der Waals surface area (Å²) in [5.41, 5.74) is 1.43. The summed E-state index contributed by atoms with van der Waals surface area (Å²) < 4.78 is 40.3. The molecule has 5 nitrogen and oxygen atoms in total. The Morgan fingerprint density at radius 3 is 2.12 bits per heavy atom. The molecule has 1 fully saturated rings. The number of piperazine rings is 1. The van der Waals surface area contributed by atoms with Gasteiger partial charge in [0.25, 0.3) is 5.91 Å². The smallest absolute Gasteiger partial charge is 0.406 e. The maximum atomic E-state index is 12.5. The molecule has 0 bridgehead atoms. The van der Waals surface area contributed by atoms with Gasteiger partial charge in [-0.25, -0.2) is 4.98 Å². The Morgan fingerprint density at radius 2 is 1.56 bits per heavy atom. The molecule has 25 heavy (non-hydrogen) atoms.